The van der Waals surface area contributed by atoms with Crippen LogP contribution in [0.5, 0.6) is 0 Å². The molecular weight excluding hydrogens is 196 g/mol. The van der Waals surface area contributed by atoms with Gasteiger partial charge in [0, 0.05) is 0 Å². The van der Waals surface area contributed by atoms with Gasteiger partial charge < -0.3 is 5.11 Å². The van der Waals surface area contributed by atoms with Crippen molar-refractivity contribution < 1.29 is 5.11 Å². The lowest BCUT2D eigenvalue weighted by atomic mass is 9.77. The molecular formula is C15H28O. The van der Waals surface area contributed by atoms with Crippen LogP contribution in [0.15, 0.2) is 17.9 Å². The van der Waals surface area contributed by atoms with Gasteiger partial charge in [0.2, 0.25) is 0 Å². The van der Waals surface area contributed by atoms with Crippen molar-refractivity contribution in [2.24, 2.45) is 23.7 Å². The summed E-state index contributed by atoms with van der Waals surface area (Å²) in [7, 11) is 0. The van der Waals surface area contributed by atoms with Crippen LogP contribution in [0.25, 0.3) is 0 Å². The van der Waals surface area contributed by atoms with E-state index in [2.05, 4.69) is 46.4 Å². The van der Waals surface area contributed by atoms with E-state index in [1.165, 1.54) is 0 Å². The van der Waals surface area contributed by atoms with Crippen LogP contribution in [0.3, 0.4) is 0 Å². The van der Waals surface area contributed by atoms with E-state index in [9.17, 15) is 5.11 Å². The van der Waals surface area contributed by atoms with Crippen molar-refractivity contribution >= 4 is 0 Å². The molecule has 0 saturated carbocycles. The van der Waals surface area contributed by atoms with Crippen LogP contribution < -0.4 is 0 Å². The number of aliphatic hydroxyl groups is 1. The maximum atomic E-state index is 9.55. The summed E-state index contributed by atoms with van der Waals surface area (Å²) in [5.41, 5.74) is 2.35. The summed E-state index contributed by atoms with van der Waals surface area (Å²) >= 11 is 0. The monoisotopic (exact) mass is 224 g/mol. The van der Waals surface area contributed by atoms with Crippen molar-refractivity contribution in [2.75, 3.05) is 0 Å². The number of rotatable bonds is 5. The third-order valence-corrected chi connectivity index (χ3v) is 2.94. The van der Waals surface area contributed by atoms with Gasteiger partial charge in [0.1, 0.15) is 0 Å². The Kier molecular flexibility index (Phi) is 6.07. The minimum Gasteiger partial charge on any atom is -0.386 e. The maximum Gasteiger partial charge on any atom is 0.0844 e. The topological polar surface area (TPSA) is 20.2 Å². The van der Waals surface area contributed by atoms with Crippen LogP contribution in [0, 0.1) is 23.7 Å². The SMILES string of the molecule is CC(C)C(C(C)C)[C@H](C)C=C=CC(C)(C)O. The first-order valence-corrected chi connectivity index (χ1v) is 6.31. The number of hydrogen-bond donors (Lipinski definition) is 1. The highest BCUT2D eigenvalue weighted by atomic mass is 16.3. The molecule has 0 amide bonds. The second kappa shape index (κ2) is 6.27. The van der Waals surface area contributed by atoms with Gasteiger partial charge in [-0.25, -0.2) is 0 Å². The summed E-state index contributed by atoms with van der Waals surface area (Å²) in [5.74, 6) is 2.52. The lowest BCUT2D eigenvalue weighted by molar-refractivity contribution is 0.133. The van der Waals surface area contributed by atoms with Crippen molar-refractivity contribution in [3.8, 4) is 0 Å². The van der Waals surface area contributed by atoms with Crippen molar-refractivity contribution in [1.29, 1.82) is 0 Å². The van der Waals surface area contributed by atoms with Gasteiger partial charge in [0.05, 0.1) is 5.60 Å². The highest BCUT2D eigenvalue weighted by Crippen LogP contribution is 2.29. The molecule has 1 nitrogen and oxygen atoms in total. The van der Waals surface area contributed by atoms with E-state index in [1.807, 2.05) is 0 Å². The molecule has 0 aromatic rings. The minimum absolute atomic E-state index is 0.499. The van der Waals surface area contributed by atoms with Gasteiger partial charge in [-0.3, -0.25) is 0 Å². The van der Waals surface area contributed by atoms with Crippen LogP contribution >= 0.6 is 0 Å². The van der Waals surface area contributed by atoms with E-state index in [1.54, 1.807) is 19.9 Å². The summed E-state index contributed by atoms with van der Waals surface area (Å²) < 4.78 is 0. The molecule has 0 fully saturated rings. The van der Waals surface area contributed by atoms with E-state index in [4.69, 9.17) is 0 Å². The molecule has 0 radical (unpaired) electrons. The molecule has 1 atom stereocenters. The van der Waals surface area contributed by atoms with Crippen LogP contribution in [0.4, 0.5) is 0 Å². The number of hydrogen-bond acceptors (Lipinski definition) is 1. The quantitative estimate of drug-likeness (QED) is 0.699. The standard InChI is InChI=1S/C15H28O/c1-11(2)14(12(3)4)13(5)9-8-10-15(6,7)16/h9-14,16H,1-7H3/t8?,13-/m1/s1. The summed E-state index contributed by atoms with van der Waals surface area (Å²) in [4.78, 5) is 0. The van der Waals surface area contributed by atoms with Gasteiger partial charge in [-0.05, 0) is 49.7 Å². The zero-order chi connectivity index (χ0) is 12.9. The van der Waals surface area contributed by atoms with E-state index in [0.717, 1.165) is 0 Å². The second-order valence-corrected chi connectivity index (χ2v) is 6.06. The lowest BCUT2D eigenvalue weighted by Gasteiger charge is -2.28. The Hall–Kier alpha value is -0.520. The van der Waals surface area contributed by atoms with Crippen LogP contribution in [0.2, 0.25) is 0 Å². The predicted octanol–water partition coefficient (Wildman–Crippen LogP) is 4.03. The normalized spacial score (nSPS) is 14.2. The molecule has 0 aromatic heterocycles. The summed E-state index contributed by atoms with van der Waals surface area (Å²) in [6.07, 6.45) is 3.81. The Morgan fingerprint density at radius 3 is 1.75 bits per heavy atom. The molecule has 0 aliphatic rings. The first kappa shape index (κ1) is 15.5. The smallest absolute Gasteiger partial charge is 0.0844 e. The van der Waals surface area contributed by atoms with Gasteiger partial charge in [0.25, 0.3) is 0 Å². The van der Waals surface area contributed by atoms with Crippen molar-refractivity contribution in [3.63, 3.8) is 0 Å². The van der Waals surface area contributed by atoms with Crippen LogP contribution in [-0.4, -0.2) is 10.7 Å². The van der Waals surface area contributed by atoms with E-state index in [-0.39, 0.29) is 0 Å². The minimum atomic E-state index is -0.763. The van der Waals surface area contributed by atoms with Gasteiger partial charge >= 0.3 is 0 Å². The van der Waals surface area contributed by atoms with E-state index < -0.39 is 5.60 Å². The van der Waals surface area contributed by atoms with Gasteiger partial charge in [-0.15, -0.1) is 5.73 Å². The Morgan fingerprint density at radius 2 is 1.44 bits per heavy atom. The third kappa shape index (κ3) is 6.15. The summed E-state index contributed by atoms with van der Waals surface area (Å²) in [5, 5.41) is 9.55. The fourth-order valence-electron chi connectivity index (χ4n) is 2.50. The first-order valence-electron chi connectivity index (χ1n) is 6.31. The molecule has 0 bridgehead atoms. The first-order chi connectivity index (χ1) is 7.15. The molecule has 0 aliphatic heterocycles. The highest BCUT2D eigenvalue weighted by Gasteiger charge is 2.22. The molecule has 0 heterocycles. The Labute approximate surface area is 101 Å². The molecule has 0 unspecified atom stereocenters. The third-order valence-electron chi connectivity index (χ3n) is 2.94. The molecule has 0 aromatic carbocycles. The van der Waals surface area contributed by atoms with Crippen molar-refractivity contribution in [1.82, 2.24) is 0 Å². The second-order valence-electron chi connectivity index (χ2n) is 6.06. The molecule has 0 rings (SSSR count). The molecule has 1 N–H and O–H groups in total. The molecule has 0 saturated heterocycles. The molecule has 0 aliphatic carbocycles. The highest BCUT2D eigenvalue weighted by molar-refractivity contribution is 4.98. The van der Waals surface area contributed by atoms with Crippen LogP contribution in [0.1, 0.15) is 48.5 Å². The Morgan fingerprint density at radius 1 is 1.00 bits per heavy atom. The van der Waals surface area contributed by atoms with E-state index in [0.29, 0.717) is 23.7 Å². The summed E-state index contributed by atoms with van der Waals surface area (Å²) in [6, 6.07) is 0. The van der Waals surface area contributed by atoms with Crippen molar-refractivity contribution in [3.05, 3.63) is 17.9 Å². The lowest BCUT2D eigenvalue weighted by Crippen LogP contribution is -2.22. The van der Waals surface area contributed by atoms with Crippen LogP contribution in [-0.2, 0) is 0 Å². The zero-order valence-corrected chi connectivity index (χ0v) is 11.9. The molecule has 94 valence electrons. The van der Waals surface area contributed by atoms with Gasteiger partial charge in [0.15, 0.2) is 0 Å². The average molecular weight is 224 g/mol. The van der Waals surface area contributed by atoms with Gasteiger partial charge in [-0.1, -0.05) is 34.6 Å². The fraction of sp³-hybridized carbons (Fsp3) is 0.800. The fourth-order valence-corrected chi connectivity index (χ4v) is 2.50. The Balaban J connectivity index is 4.66. The van der Waals surface area contributed by atoms with Crippen molar-refractivity contribution in [2.45, 2.75) is 54.1 Å². The maximum absolute atomic E-state index is 9.55. The Bertz CT molecular complexity index is 241. The molecule has 16 heavy (non-hydrogen) atoms. The average Bonchev–Trinajstić information content (AvgIpc) is 1.99. The largest absolute Gasteiger partial charge is 0.386 e. The molecule has 1 heteroatoms. The van der Waals surface area contributed by atoms with Gasteiger partial charge in [-0.2, -0.15) is 0 Å². The predicted molar refractivity (Wildman–Crippen MR) is 71.3 cm³/mol. The summed E-state index contributed by atoms with van der Waals surface area (Å²) in [6.45, 7) is 14.9. The zero-order valence-electron chi connectivity index (χ0n) is 11.9. The van der Waals surface area contributed by atoms with E-state index >= 15 is 0 Å². The molecule has 0 spiro atoms.